The van der Waals surface area contributed by atoms with Crippen molar-refractivity contribution in [3.8, 4) is 22.6 Å². The molecule has 0 saturated heterocycles. The Morgan fingerprint density at radius 2 is 1.81 bits per heavy atom. The Labute approximate surface area is 176 Å². The van der Waals surface area contributed by atoms with Gasteiger partial charge in [0.1, 0.15) is 11.5 Å². The van der Waals surface area contributed by atoms with Crippen LogP contribution in [0.2, 0.25) is 0 Å². The molecule has 0 heterocycles. The van der Waals surface area contributed by atoms with Crippen molar-refractivity contribution in [3.05, 3.63) is 82.4 Å². The maximum atomic E-state index is 12.8. The number of hydrogen-bond donors (Lipinski definition) is 1. The van der Waals surface area contributed by atoms with E-state index < -0.39 is 17.4 Å². The first-order chi connectivity index (χ1) is 14.9. The number of benzene rings is 3. The number of carbonyl (C=O) groups excluding carboxylic acids is 1. The van der Waals surface area contributed by atoms with Gasteiger partial charge in [0.05, 0.1) is 18.5 Å². The number of carbonyl (C=O) groups is 1. The molecule has 0 saturated carbocycles. The smallest absolute Gasteiger partial charge is 0.387 e. The third-order valence-electron chi connectivity index (χ3n) is 4.42. The summed E-state index contributed by atoms with van der Waals surface area (Å²) in [5.74, 6) is 0.0448. The maximum Gasteiger partial charge on any atom is 0.387 e. The molecule has 3 aromatic rings. The molecular formula is C22H18F2N2O5. The summed E-state index contributed by atoms with van der Waals surface area (Å²) in [6.45, 7) is -3.02. The summed E-state index contributed by atoms with van der Waals surface area (Å²) in [6.07, 6.45) is -0.218. The van der Waals surface area contributed by atoms with Gasteiger partial charge in [0.25, 0.3) is 5.69 Å². The predicted octanol–water partition coefficient (Wildman–Crippen LogP) is 5.05. The van der Waals surface area contributed by atoms with Crippen LogP contribution in [0.15, 0.2) is 66.7 Å². The monoisotopic (exact) mass is 428 g/mol. The fraction of sp³-hybridized carbons (Fsp3) is 0.136. The van der Waals surface area contributed by atoms with Crippen molar-refractivity contribution in [1.82, 2.24) is 0 Å². The van der Waals surface area contributed by atoms with Crippen LogP contribution in [0.5, 0.6) is 11.5 Å². The van der Waals surface area contributed by atoms with Gasteiger partial charge in [-0.3, -0.25) is 14.9 Å². The second-order valence-corrected chi connectivity index (χ2v) is 6.43. The molecule has 1 N–H and O–H groups in total. The van der Waals surface area contributed by atoms with Crippen LogP contribution < -0.4 is 14.8 Å². The fourth-order valence-corrected chi connectivity index (χ4v) is 3.02. The SMILES string of the molecule is COc1ccc(-c2cc(NC(=O)Cc3ccccc3[N+](=O)[O-])ccc2OC(F)F)cc1. The number of alkyl halides is 2. The van der Waals surface area contributed by atoms with Crippen LogP contribution in [0, 0.1) is 10.1 Å². The van der Waals surface area contributed by atoms with Gasteiger partial charge in [-0.05, 0) is 35.9 Å². The molecule has 7 nitrogen and oxygen atoms in total. The lowest BCUT2D eigenvalue weighted by Gasteiger charge is -2.14. The highest BCUT2D eigenvalue weighted by molar-refractivity contribution is 5.94. The Kier molecular flexibility index (Phi) is 6.76. The van der Waals surface area contributed by atoms with Gasteiger partial charge in [-0.1, -0.05) is 30.3 Å². The number of nitro benzene ring substituents is 1. The first-order valence-electron chi connectivity index (χ1n) is 9.13. The van der Waals surface area contributed by atoms with E-state index in [2.05, 4.69) is 10.1 Å². The molecule has 0 aliphatic rings. The molecule has 0 atom stereocenters. The van der Waals surface area contributed by atoms with E-state index in [0.29, 0.717) is 22.6 Å². The predicted molar refractivity (Wildman–Crippen MR) is 110 cm³/mol. The van der Waals surface area contributed by atoms with Crippen LogP contribution in [0.25, 0.3) is 11.1 Å². The minimum atomic E-state index is -3.02. The summed E-state index contributed by atoms with van der Waals surface area (Å²) in [7, 11) is 1.51. The number of nitro groups is 1. The van der Waals surface area contributed by atoms with E-state index in [-0.39, 0.29) is 23.4 Å². The lowest BCUT2D eigenvalue weighted by Crippen LogP contribution is -2.15. The first kappa shape index (κ1) is 21.7. The lowest BCUT2D eigenvalue weighted by molar-refractivity contribution is -0.385. The average Bonchev–Trinajstić information content (AvgIpc) is 2.74. The third-order valence-corrected chi connectivity index (χ3v) is 4.42. The van der Waals surface area contributed by atoms with Crippen molar-refractivity contribution in [2.45, 2.75) is 13.0 Å². The number of halogens is 2. The van der Waals surface area contributed by atoms with Crippen LogP contribution in [0.4, 0.5) is 20.2 Å². The molecule has 1 amide bonds. The van der Waals surface area contributed by atoms with Gasteiger partial charge in [-0.25, -0.2) is 0 Å². The summed E-state index contributed by atoms with van der Waals surface area (Å²) >= 11 is 0. The highest BCUT2D eigenvalue weighted by Crippen LogP contribution is 2.34. The molecule has 3 rings (SSSR count). The Morgan fingerprint density at radius 1 is 1.10 bits per heavy atom. The standard InChI is InChI=1S/C22H18F2N2O5/c1-30-17-9-6-14(7-10-17)18-13-16(8-11-20(18)31-22(23)24)25-21(27)12-15-4-2-3-5-19(15)26(28)29/h2-11,13,22H,12H2,1H3,(H,25,27). The second-order valence-electron chi connectivity index (χ2n) is 6.43. The summed E-state index contributed by atoms with van der Waals surface area (Å²) in [6, 6.07) is 16.9. The second kappa shape index (κ2) is 9.66. The number of para-hydroxylation sites is 1. The van der Waals surface area contributed by atoms with Gasteiger partial charge in [0, 0.05) is 22.9 Å². The first-order valence-corrected chi connectivity index (χ1v) is 9.13. The minimum Gasteiger partial charge on any atom is -0.497 e. The number of hydrogen-bond acceptors (Lipinski definition) is 5. The van der Waals surface area contributed by atoms with Gasteiger partial charge in [0.2, 0.25) is 5.91 Å². The van der Waals surface area contributed by atoms with E-state index >= 15 is 0 Å². The van der Waals surface area contributed by atoms with E-state index in [4.69, 9.17) is 4.74 Å². The van der Waals surface area contributed by atoms with Gasteiger partial charge >= 0.3 is 6.61 Å². The zero-order valence-electron chi connectivity index (χ0n) is 16.4. The largest absolute Gasteiger partial charge is 0.497 e. The van der Waals surface area contributed by atoms with Crippen LogP contribution in [0.3, 0.4) is 0 Å². The van der Waals surface area contributed by atoms with Crippen molar-refractivity contribution < 1.29 is 28.0 Å². The van der Waals surface area contributed by atoms with Gasteiger partial charge < -0.3 is 14.8 Å². The highest BCUT2D eigenvalue weighted by Gasteiger charge is 2.17. The molecule has 160 valence electrons. The number of nitrogens with zero attached hydrogens (tertiary/aromatic N) is 1. The molecule has 0 unspecified atom stereocenters. The van der Waals surface area contributed by atoms with Crippen molar-refractivity contribution >= 4 is 17.3 Å². The molecule has 0 aromatic heterocycles. The number of ether oxygens (including phenoxy) is 2. The van der Waals surface area contributed by atoms with Crippen LogP contribution in [-0.4, -0.2) is 24.6 Å². The molecule has 3 aromatic carbocycles. The maximum absolute atomic E-state index is 12.8. The van der Waals surface area contributed by atoms with Gasteiger partial charge in [-0.15, -0.1) is 0 Å². The third kappa shape index (κ3) is 5.53. The molecule has 0 radical (unpaired) electrons. The Hall–Kier alpha value is -4.01. The van der Waals surface area contributed by atoms with E-state index in [1.54, 1.807) is 30.3 Å². The van der Waals surface area contributed by atoms with Crippen molar-refractivity contribution in [2.75, 3.05) is 12.4 Å². The topological polar surface area (TPSA) is 90.7 Å². The number of anilines is 1. The van der Waals surface area contributed by atoms with Gasteiger partial charge in [-0.2, -0.15) is 8.78 Å². The fourth-order valence-electron chi connectivity index (χ4n) is 3.02. The molecule has 0 fully saturated rings. The Morgan fingerprint density at radius 3 is 2.45 bits per heavy atom. The number of methoxy groups -OCH3 is 1. The van der Waals surface area contributed by atoms with E-state index in [9.17, 15) is 23.7 Å². The summed E-state index contributed by atoms with van der Waals surface area (Å²) in [4.78, 5) is 23.0. The van der Waals surface area contributed by atoms with Crippen LogP contribution >= 0.6 is 0 Å². The number of rotatable bonds is 8. The average molecular weight is 428 g/mol. The zero-order valence-corrected chi connectivity index (χ0v) is 16.4. The van der Waals surface area contributed by atoms with Crippen molar-refractivity contribution in [3.63, 3.8) is 0 Å². The molecule has 0 bridgehead atoms. The normalized spacial score (nSPS) is 10.6. The summed E-state index contributed by atoms with van der Waals surface area (Å²) in [5, 5.41) is 13.8. The minimum absolute atomic E-state index is 0.0585. The van der Waals surface area contributed by atoms with E-state index in [1.165, 1.54) is 43.5 Å². The molecular weight excluding hydrogens is 410 g/mol. The summed E-state index contributed by atoms with van der Waals surface area (Å²) in [5.41, 5.74) is 1.35. The zero-order chi connectivity index (χ0) is 22.4. The molecule has 0 aliphatic heterocycles. The highest BCUT2D eigenvalue weighted by atomic mass is 19.3. The number of nitrogens with one attached hydrogen (secondary N) is 1. The van der Waals surface area contributed by atoms with Crippen molar-refractivity contribution in [1.29, 1.82) is 0 Å². The quantitative estimate of drug-likeness (QED) is 0.400. The van der Waals surface area contributed by atoms with Gasteiger partial charge in [0.15, 0.2) is 0 Å². The lowest BCUT2D eigenvalue weighted by atomic mass is 10.0. The van der Waals surface area contributed by atoms with E-state index in [1.807, 2.05) is 0 Å². The number of amides is 1. The molecule has 31 heavy (non-hydrogen) atoms. The van der Waals surface area contributed by atoms with Crippen LogP contribution in [-0.2, 0) is 11.2 Å². The Bertz CT molecular complexity index is 1090. The summed E-state index contributed by atoms with van der Waals surface area (Å²) < 4.78 is 35.4. The van der Waals surface area contributed by atoms with Crippen molar-refractivity contribution in [2.24, 2.45) is 0 Å². The Balaban J connectivity index is 1.86. The molecule has 0 spiro atoms. The van der Waals surface area contributed by atoms with Crippen LogP contribution in [0.1, 0.15) is 5.56 Å². The van der Waals surface area contributed by atoms with E-state index in [0.717, 1.165) is 0 Å². The molecule has 9 heteroatoms. The molecule has 0 aliphatic carbocycles.